The molecule has 0 aromatic carbocycles. The van der Waals surface area contributed by atoms with Crippen LogP contribution in [0.2, 0.25) is 0 Å². The van der Waals surface area contributed by atoms with Gasteiger partial charge in [-0.1, -0.05) is 0 Å². The average Bonchev–Trinajstić information content (AvgIpc) is 2.63. The molecule has 0 saturated carbocycles. The number of likely N-dealkylation sites (N-methyl/N-ethyl adjacent to an activating group) is 1. The molecule has 1 fully saturated rings. The highest BCUT2D eigenvalue weighted by atomic mass is 16.5. The molecule has 1 N–H and O–H groups in total. The van der Waals surface area contributed by atoms with Gasteiger partial charge in [-0.05, 0) is 20.4 Å². The minimum atomic E-state index is -0.142. The summed E-state index contributed by atoms with van der Waals surface area (Å²) in [6, 6.07) is 0.412. The van der Waals surface area contributed by atoms with Gasteiger partial charge in [0.1, 0.15) is 6.04 Å². The van der Waals surface area contributed by atoms with E-state index in [1.807, 2.05) is 14.0 Å². The van der Waals surface area contributed by atoms with E-state index in [4.69, 9.17) is 4.74 Å². The maximum absolute atomic E-state index is 11.2. The van der Waals surface area contributed by atoms with E-state index >= 15 is 0 Å². The van der Waals surface area contributed by atoms with Gasteiger partial charge in [0.25, 0.3) is 0 Å². The van der Waals surface area contributed by atoms with Crippen molar-refractivity contribution in [2.75, 3.05) is 27.2 Å². The van der Waals surface area contributed by atoms with Crippen LogP contribution < -0.4 is 5.32 Å². The highest BCUT2D eigenvalue weighted by Crippen LogP contribution is 2.12. The molecule has 0 bridgehead atoms. The summed E-state index contributed by atoms with van der Waals surface area (Å²) in [6.45, 7) is 3.80. The van der Waals surface area contributed by atoms with Crippen LogP contribution in [0.25, 0.3) is 0 Å². The quantitative estimate of drug-likeness (QED) is 0.622. The first kappa shape index (κ1) is 10.5. The number of hydrogen-bond donors (Lipinski definition) is 1. The SMILES string of the molecule is CNC1CCN(C(C)C(=O)OC)C1. The second kappa shape index (κ2) is 4.58. The van der Waals surface area contributed by atoms with Crippen LogP contribution in [0.4, 0.5) is 0 Å². The van der Waals surface area contributed by atoms with Gasteiger partial charge >= 0.3 is 5.97 Å². The zero-order valence-electron chi connectivity index (χ0n) is 8.54. The van der Waals surface area contributed by atoms with Crippen molar-refractivity contribution in [3.63, 3.8) is 0 Å². The summed E-state index contributed by atoms with van der Waals surface area (Å²) >= 11 is 0. The molecule has 76 valence electrons. The molecular weight excluding hydrogens is 168 g/mol. The molecule has 1 rings (SSSR count). The molecule has 1 saturated heterocycles. The Morgan fingerprint density at radius 2 is 2.38 bits per heavy atom. The number of methoxy groups -OCH3 is 1. The molecule has 0 amide bonds. The van der Waals surface area contributed by atoms with Crippen molar-refractivity contribution < 1.29 is 9.53 Å². The number of carbonyl (C=O) groups excluding carboxylic acids is 1. The van der Waals surface area contributed by atoms with E-state index in [9.17, 15) is 4.79 Å². The predicted octanol–water partition coefficient (Wildman–Crippen LogP) is -0.158. The molecule has 1 aliphatic rings. The number of ether oxygens (including phenoxy) is 1. The van der Waals surface area contributed by atoms with E-state index in [0.29, 0.717) is 6.04 Å². The van der Waals surface area contributed by atoms with Crippen molar-refractivity contribution in [2.45, 2.75) is 25.4 Å². The van der Waals surface area contributed by atoms with E-state index in [1.54, 1.807) is 0 Å². The molecule has 0 radical (unpaired) electrons. The number of esters is 1. The van der Waals surface area contributed by atoms with Gasteiger partial charge in [0.15, 0.2) is 0 Å². The number of nitrogens with one attached hydrogen (secondary N) is 1. The van der Waals surface area contributed by atoms with Gasteiger partial charge in [-0.25, -0.2) is 0 Å². The molecule has 4 nitrogen and oxygen atoms in total. The minimum absolute atomic E-state index is 0.108. The Morgan fingerprint density at radius 1 is 1.69 bits per heavy atom. The van der Waals surface area contributed by atoms with Gasteiger partial charge in [0, 0.05) is 19.1 Å². The predicted molar refractivity (Wildman–Crippen MR) is 50.5 cm³/mol. The van der Waals surface area contributed by atoms with Gasteiger partial charge < -0.3 is 10.1 Å². The normalized spacial score (nSPS) is 25.9. The lowest BCUT2D eigenvalue weighted by molar-refractivity contribution is -0.145. The number of rotatable bonds is 3. The molecule has 4 heteroatoms. The highest BCUT2D eigenvalue weighted by Gasteiger charge is 2.28. The molecule has 1 aliphatic heterocycles. The summed E-state index contributed by atoms with van der Waals surface area (Å²) in [5.41, 5.74) is 0. The van der Waals surface area contributed by atoms with Crippen LogP contribution in [0.15, 0.2) is 0 Å². The Bertz CT molecular complexity index is 184. The van der Waals surface area contributed by atoms with E-state index in [2.05, 4.69) is 10.2 Å². The Hall–Kier alpha value is -0.610. The maximum atomic E-state index is 11.2. The molecule has 2 unspecified atom stereocenters. The molecule has 0 aromatic rings. The first-order chi connectivity index (χ1) is 6.19. The van der Waals surface area contributed by atoms with Crippen LogP contribution in [0.1, 0.15) is 13.3 Å². The Morgan fingerprint density at radius 3 is 2.85 bits per heavy atom. The summed E-state index contributed by atoms with van der Waals surface area (Å²) in [5.74, 6) is -0.142. The second-order valence-corrected chi connectivity index (χ2v) is 3.47. The lowest BCUT2D eigenvalue weighted by Crippen LogP contribution is -2.40. The van der Waals surface area contributed by atoms with Crippen LogP contribution in [-0.4, -0.2) is 50.2 Å². The van der Waals surface area contributed by atoms with Gasteiger partial charge in [-0.3, -0.25) is 9.69 Å². The fraction of sp³-hybridized carbons (Fsp3) is 0.889. The number of likely N-dealkylation sites (tertiary alicyclic amines) is 1. The molecule has 0 spiro atoms. The monoisotopic (exact) mass is 186 g/mol. The molecule has 1 heterocycles. The third-order valence-electron chi connectivity index (χ3n) is 2.72. The first-order valence-corrected chi connectivity index (χ1v) is 4.68. The summed E-state index contributed by atoms with van der Waals surface area (Å²) in [6.07, 6.45) is 1.11. The lowest BCUT2D eigenvalue weighted by Gasteiger charge is -2.21. The summed E-state index contributed by atoms with van der Waals surface area (Å²) in [5, 5.41) is 3.21. The Balaban J connectivity index is 2.41. The number of carbonyl (C=O) groups is 1. The summed E-state index contributed by atoms with van der Waals surface area (Å²) in [7, 11) is 3.39. The minimum Gasteiger partial charge on any atom is -0.468 e. The van der Waals surface area contributed by atoms with E-state index in [0.717, 1.165) is 19.5 Å². The number of hydrogen-bond acceptors (Lipinski definition) is 4. The van der Waals surface area contributed by atoms with Crippen molar-refractivity contribution in [3.05, 3.63) is 0 Å². The third kappa shape index (κ3) is 2.42. The lowest BCUT2D eigenvalue weighted by atomic mass is 10.3. The summed E-state index contributed by atoms with van der Waals surface area (Å²) in [4.78, 5) is 13.4. The van der Waals surface area contributed by atoms with Gasteiger partial charge in [-0.2, -0.15) is 0 Å². The van der Waals surface area contributed by atoms with Gasteiger partial charge in [0.05, 0.1) is 7.11 Å². The molecule has 0 aliphatic carbocycles. The van der Waals surface area contributed by atoms with Gasteiger partial charge in [0.2, 0.25) is 0 Å². The van der Waals surface area contributed by atoms with Crippen molar-refractivity contribution >= 4 is 5.97 Å². The molecular formula is C9H18N2O2. The standard InChI is InChI=1S/C9H18N2O2/c1-7(9(12)13-3)11-5-4-8(6-11)10-2/h7-8,10H,4-6H2,1-3H3. The maximum Gasteiger partial charge on any atom is 0.322 e. The van der Waals surface area contributed by atoms with Gasteiger partial charge in [-0.15, -0.1) is 0 Å². The summed E-state index contributed by atoms with van der Waals surface area (Å²) < 4.78 is 4.69. The van der Waals surface area contributed by atoms with Crippen LogP contribution in [-0.2, 0) is 9.53 Å². The zero-order valence-corrected chi connectivity index (χ0v) is 8.54. The van der Waals surface area contributed by atoms with E-state index < -0.39 is 0 Å². The molecule has 2 atom stereocenters. The average molecular weight is 186 g/mol. The van der Waals surface area contributed by atoms with Crippen molar-refractivity contribution in [2.24, 2.45) is 0 Å². The molecule has 0 aromatic heterocycles. The number of nitrogens with zero attached hydrogens (tertiary/aromatic N) is 1. The highest BCUT2D eigenvalue weighted by molar-refractivity contribution is 5.75. The van der Waals surface area contributed by atoms with Crippen molar-refractivity contribution in [1.29, 1.82) is 0 Å². The van der Waals surface area contributed by atoms with Crippen LogP contribution >= 0.6 is 0 Å². The topological polar surface area (TPSA) is 41.6 Å². The van der Waals surface area contributed by atoms with Crippen LogP contribution in [0.3, 0.4) is 0 Å². The molecule has 13 heavy (non-hydrogen) atoms. The fourth-order valence-electron chi connectivity index (χ4n) is 1.69. The third-order valence-corrected chi connectivity index (χ3v) is 2.72. The Kier molecular flexibility index (Phi) is 3.69. The zero-order chi connectivity index (χ0) is 9.84. The van der Waals surface area contributed by atoms with E-state index in [1.165, 1.54) is 7.11 Å². The largest absolute Gasteiger partial charge is 0.468 e. The van der Waals surface area contributed by atoms with Crippen LogP contribution in [0.5, 0.6) is 0 Å². The van der Waals surface area contributed by atoms with E-state index in [-0.39, 0.29) is 12.0 Å². The second-order valence-electron chi connectivity index (χ2n) is 3.47. The first-order valence-electron chi connectivity index (χ1n) is 4.68. The smallest absolute Gasteiger partial charge is 0.322 e. The fourth-order valence-corrected chi connectivity index (χ4v) is 1.69. The van der Waals surface area contributed by atoms with Crippen molar-refractivity contribution in [1.82, 2.24) is 10.2 Å². The van der Waals surface area contributed by atoms with Crippen LogP contribution in [0, 0.1) is 0 Å². The van der Waals surface area contributed by atoms with Crippen molar-refractivity contribution in [3.8, 4) is 0 Å². The Labute approximate surface area is 79.2 Å².